The molecule has 3 rings (SSSR count). The van der Waals surface area contributed by atoms with Gasteiger partial charge in [0, 0.05) is 11.5 Å². The second-order valence-corrected chi connectivity index (χ2v) is 4.91. The summed E-state index contributed by atoms with van der Waals surface area (Å²) in [6, 6.07) is 14.7. The van der Waals surface area contributed by atoms with E-state index in [0.717, 1.165) is 23.5 Å². The Morgan fingerprint density at radius 3 is 2.45 bits per heavy atom. The fourth-order valence-corrected chi connectivity index (χ4v) is 2.89. The summed E-state index contributed by atoms with van der Waals surface area (Å²) >= 11 is 0. The van der Waals surface area contributed by atoms with E-state index in [2.05, 4.69) is 48.6 Å². The topological polar surface area (TPSA) is 18.5 Å². The molecule has 20 heavy (non-hydrogen) atoms. The SMILES string of the molecule is COc1ccc2c(c1OC)C=CCC2c1ccccc1. The Morgan fingerprint density at radius 2 is 1.75 bits per heavy atom. The average Bonchev–Trinajstić information content (AvgIpc) is 2.53. The van der Waals surface area contributed by atoms with Crippen molar-refractivity contribution in [1.82, 2.24) is 0 Å². The third-order valence-corrected chi connectivity index (χ3v) is 3.85. The summed E-state index contributed by atoms with van der Waals surface area (Å²) in [5.41, 5.74) is 3.77. The molecule has 0 spiro atoms. The minimum absolute atomic E-state index is 0.385. The Kier molecular flexibility index (Phi) is 3.46. The molecule has 1 atom stereocenters. The largest absolute Gasteiger partial charge is 0.493 e. The van der Waals surface area contributed by atoms with Gasteiger partial charge in [-0.1, -0.05) is 48.6 Å². The van der Waals surface area contributed by atoms with Crippen LogP contribution in [0.25, 0.3) is 6.08 Å². The molecule has 0 saturated heterocycles. The van der Waals surface area contributed by atoms with Crippen LogP contribution in [-0.2, 0) is 0 Å². The molecule has 1 unspecified atom stereocenters. The molecule has 0 aromatic heterocycles. The molecule has 2 heteroatoms. The predicted octanol–water partition coefficient (Wildman–Crippen LogP) is 4.25. The number of fused-ring (bicyclic) bond motifs is 1. The highest BCUT2D eigenvalue weighted by molar-refractivity contribution is 5.69. The van der Waals surface area contributed by atoms with Crippen LogP contribution >= 0.6 is 0 Å². The molecule has 0 saturated carbocycles. The molecule has 0 aliphatic heterocycles. The van der Waals surface area contributed by atoms with Crippen LogP contribution < -0.4 is 9.47 Å². The van der Waals surface area contributed by atoms with E-state index in [1.807, 2.05) is 6.07 Å². The van der Waals surface area contributed by atoms with Gasteiger partial charge >= 0.3 is 0 Å². The Balaban J connectivity index is 2.13. The molecule has 0 bridgehead atoms. The van der Waals surface area contributed by atoms with Crippen molar-refractivity contribution in [1.29, 1.82) is 0 Å². The van der Waals surface area contributed by atoms with E-state index in [4.69, 9.17) is 9.47 Å². The van der Waals surface area contributed by atoms with Crippen molar-refractivity contribution in [2.75, 3.05) is 14.2 Å². The van der Waals surface area contributed by atoms with E-state index in [0.29, 0.717) is 5.92 Å². The van der Waals surface area contributed by atoms with Gasteiger partial charge in [-0.2, -0.15) is 0 Å². The van der Waals surface area contributed by atoms with Crippen LogP contribution in [-0.4, -0.2) is 14.2 Å². The van der Waals surface area contributed by atoms with Crippen LogP contribution in [0.2, 0.25) is 0 Å². The Morgan fingerprint density at radius 1 is 0.950 bits per heavy atom. The van der Waals surface area contributed by atoms with Gasteiger partial charge in [0.05, 0.1) is 14.2 Å². The number of rotatable bonds is 3. The van der Waals surface area contributed by atoms with Crippen LogP contribution in [0.4, 0.5) is 0 Å². The first kappa shape index (κ1) is 12.8. The van der Waals surface area contributed by atoms with Crippen molar-refractivity contribution in [3.8, 4) is 11.5 Å². The standard InChI is InChI=1S/C18H18O2/c1-19-17-12-11-15-14(13-7-4-3-5-8-13)9-6-10-16(15)18(17)20-2/h3-8,10-12,14H,9H2,1-2H3. The van der Waals surface area contributed by atoms with Gasteiger partial charge in [-0.15, -0.1) is 0 Å². The van der Waals surface area contributed by atoms with Gasteiger partial charge in [0.15, 0.2) is 11.5 Å². The molecule has 0 radical (unpaired) electrons. The van der Waals surface area contributed by atoms with Gasteiger partial charge in [0.1, 0.15) is 0 Å². The minimum atomic E-state index is 0.385. The molecular formula is C18H18O2. The summed E-state index contributed by atoms with van der Waals surface area (Å²) in [5, 5.41) is 0. The number of benzene rings is 2. The lowest BCUT2D eigenvalue weighted by atomic mass is 9.82. The van der Waals surface area contributed by atoms with E-state index in [1.54, 1.807) is 14.2 Å². The molecule has 0 amide bonds. The van der Waals surface area contributed by atoms with Gasteiger partial charge in [-0.25, -0.2) is 0 Å². The summed E-state index contributed by atoms with van der Waals surface area (Å²) in [4.78, 5) is 0. The Labute approximate surface area is 119 Å². The normalized spacial score (nSPS) is 16.6. The zero-order valence-corrected chi connectivity index (χ0v) is 11.8. The van der Waals surface area contributed by atoms with Crippen molar-refractivity contribution in [3.05, 3.63) is 65.2 Å². The van der Waals surface area contributed by atoms with Gasteiger partial charge < -0.3 is 9.47 Å². The molecule has 0 N–H and O–H groups in total. The van der Waals surface area contributed by atoms with Crippen LogP contribution in [0.5, 0.6) is 11.5 Å². The molecule has 0 heterocycles. The van der Waals surface area contributed by atoms with Gasteiger partial charge in [0.2, 0.25) is 0 Å². The first-order valence-electron chi connectivity index (χ1n) is 6.81. The molecule has 2 aromatic carbocycles. The van der Waals surface area contributed by atoms with Crippen LogP contribution in [0.1, 0.15) is 29.0 Å². The third-order valence-electron chi connectivity index (χ3n) is 3.85. The van der Waals surface area contributed by atoms with Crippen molar-refractivity contribution in [2.45, 2.75) is 12.3 Å². The quantitative estimate of drug-likeness (QED) is 0.826. The molecule has 2 nitrogen and oxygen atoms in total. The van der Waals surface area contributed by atoms with Crippen molar-refractivity contribution in [2.24, 2.45) is 0 Å². The summed E-state index contributed by atoms with van der Waals surface area (Å²) in [6.07, 6.45) is 5.37. The lowest BCUT2D eigenvalue weighted by Gasteiger charge is -2.24. The fraction of sp³-hybridized carbons (Fsp3) is 0.222. The van der Waals surface area contributed by atoms with Crippen molar-refractivity contribution < 1.29 is 9.47 Å². The fourth-order valence-electron chi connectivity index (χ4n) is 2.89. The van der Waals surface area contributed by atoms with Crippen LogP contribution in [0, 0.1) is 0 Å². The second-order valence-electron chi connectivity index (χ2n) is 4.91. The molecule has 1 aliphatic rings. The summed E-state index contributed by atoms with van der Waals surface area (Å²) in [5.74, 6) is 1.99. The lowest BCUT2D eigenvalue weighted by Crippen LogP contribution is -2.07. The second kappa shape index (κ2) is 5.41. The van der Waals surface area contributed by atoms with Crippen molar-refractivity contribution in [3.63, 3.8) is 0 Å². The summed E-state index contributed by atoms with van der Waals surface area (Å²) in [7, 11) is 3.36. The minimum Gasteiger partial charge on any atom is -0.493 e. The van der Waals surface area contributed by atoms with E-state index in [9.17, 15) is 0 Å². The predicted molar refractivity (Wildman–Crippen MR) is 81.5 cm³/mol. The van der Waals surface area contributed by atoms with Crippen molar-refractivity contribution >= 4 is 6.08 Å². The van der Waals surface area contributed by atoms with Crippen LogP contribution in [0.3, 0.4) is 0 Å². The molecule has 0 fully saturated rings. The number of ether oxygens (including phenoxy) is 2. The smallest absolute Gasteiger partial charge is 0.168 e. The van der Waals surface area contributed by atoms with E-state index in [1.165, 1.54) is 11.1 Å². The van der Waals surface area contributed by atoms with E-state index >= 15 is 0 Å². The summed E-state index contributed by atoms with van der Waals surface area (Å²) in [6.45, 7) is 0. The molecule has 2 aromatic rings. The highest BCUT2D eigenvalue weighted by atomic mass is 16.5. The van der Waals surface area contributed by atoms with Gasteiger partial charge in [-0.05, 0) is 23.6 Å². The maximum atomic E-state index is 5.54. The highest BCUT2D eigenvalue weighted by Gasteiger charge is 2.23. The Hall–Kier alpha value is -2.22. The third kappa shape index (κ3) is 2.07. The zero-order chi connectivity index (χ0) is 13.9. The number of hydrogen-bond acceptors (Lipinski definition) is 2. The number of allylic oxidation sites excluding steroid dienone is 1. The first-order valence-corrected chi connectivity index (χ1v) is 6.81. The first-order chi connectivity index (χ1) is 9.85. The molecular weight excluding hydrogens is 248 g/mol. The van der Waals surface area contributed by atoms with E-state index < -0.39 is 0 Å². The lowest BCUT2D eigenvalue weighted by molar-refractivity contribution is 0.353. The summed E-state index contributed by atoms with van der Waals surface area (Å²) < 4.78 is 10.9. The van der Waals surface area contributed by atoms with Crippen LogP contribution in [0.15, 0.2) is 48.5 Å². The number of methoxy groups -OCH3 is 2. The number of hydrogen-bond donors (Lipinski definition) is 0. The van der Waals surface area contributed by atoms with Gasteiger partial charge in [0.25, 0.3) is 0 Å². The van der Waals surface area contributed by atoms with E-state index in [-0.39, 0.29) is 0 Å². The average molecular weight is 266 g/mol. The molecule has 102 valence electrons. The monoisotopic (exact) mass is 266 g/mol. The Bertz CT molecular complexity index is 629. The highest BCUT2D eigenvalue weighted by Crippen LogP contribution is 2.43. The molecule has 1 aliphatic carbocycles. The maximum Gasteiger partial charge on any atom is 0.168 e. The van der Waals surface area contributed by atoms with Gasteiger partial charge in [-0.3, -0.25) is 0 Å². The zero-order valence-electron chi connectivity index (χ0n) is 11.8. The maximum absolute atomic E-state index is 5.54.